The molecule has 64 valence electrons. The molecule has 0 N–H and O–H groups in total. The molecular formula is C8H14O2S. The second-order valence-electron chi connectivity index (χ2n) is 1.86. The van der Waals surface area contributed by atoms with E-state index in [4.69, 9.17) is 15.9 Å². The summed E-state index contributed by atoms with van der Waals surface area (Å²) in [5, 5.41) is 0. The van der Waals surface area contributed by atoms with Crippen molar-refractivity contribution in [3.05, 3.63) is 0 Å². The van der Waals surface area contributed by atoms with Crippen LogP contribution < -0.4 is 0 Å². The van der Waals surface area contributed by atoms with Crippen LogP contribution in [0.1, 0.15) is 0 Å². The first-order chi connectivity index (χ1) is 5.41. The fraction of sp³-hybridized carbons (Fsp3) is 0.750. The monoisotopic (exact) mass is 174 g/mol. The zero-order chi connectivity index (χ0) is 8.36. The number of hydrogen-bond acceptors (Lipinski definition) is 3. The molecule has 3 heteroatoms. The van der Waals surface area contributed by atoms with E-state index in [1.165, 1.54) is 0 Å². The minimum absolute atomic E-state index is 0.666. The van der Waals surface area contributed by atoms with Gasteiger partial charge in [0.05, 0.1) is 25.6 Å². The maximum atomic E-state index is 5.21. The Morgan fingerprint density at radius 2 is 2.18 bits per heavy atom. The third-order valence-electron chi connectivity index (χ3n) is 0.989. The van der Waals surface area contributed by atoms with Crippen LogP contribution in [-0.2, 0) is 9.47 Å². The van der Waals surface area contributed by atoms with Crippen molar-refractivity contribution in [2.75, 3.05) is 38.4 Å². The van der Waals surface area contributed by atoms with Gasteiger partial charge in [0.15, 0.2) is 0 Å². The summed E-state index contributed by atoms with van der Waals surface area (Å²) in [5.74, 6) is 4.29. The third kappa shape index (κ3) is 9.83. The van der Waals surface area contributed by atoms with Crippen LogP contribution in [0.25, 0.3) is 0 Å². The highest BCUT2D eigenvalue weighted by molar-refractivity contribution is 7.99. The third-order valence-corrected chi connectivity index (χ3v) is 1.82. The average Bonchev–Trinajstić information content (AvgIpc) is 2.03. The van der Waals surface area contributed by atoms with Crippen LogP contribution in [0.4, 0.5) is 0 Å². The molecule has 0 fully saturated rings. The summed E-state index contributed by atoms with van der Waals surface area (Å²) in [6.45, 7) is 2.10. The summed E-state index contributed by atoms with van der Waals surface area (Å²) in [7, 11) is 1.66. The summed E-state index contributed by atoms with van der Waals surface area (Å²) in [6.07, 6.45) is 5.06. The summed E-state index contributed by atoms with van der Waals surface area (Å²) >= 11 is 1.71. The van der Waals surface area contributed by atoms with Crippen molar-refractivity contribution in [1.82, 2.24) is 0 Å². The number of terminal acetylenes is 1. The summed E-state index contributed by atoms with van der Waals surface area (Å²) in [4.78, 5) is 0. The Balaban J connectivity index is 2.75. The number of rotatable bonds is 7. The van der Waals surface area contributed by atoms with Crippen LogP contribution in [-0.4, -0.2) is 38.4 Å². The topological polar surface area (TPSA) is 18.5 Å². The molecule has 0 aliphatic rings. The molecule has 0 aromatic carbocycles. The fourth-order valence-electron chi connectivity index (χ4n) is 0.493. The van der Waals surface area contributed by atoms with Crippen LogP contribution in [0.5, 0.6) is 0 Å². The Morgan fingerprint density at radius 3 is 2.82 bits per heavy atom. The molecule has 2 nitrogen and oxygen atoms in total. The Kier molecular flexibility index (Phi) is 9.68. The van der Waals surface area contributed by atoms with Crippen molar-refractivity contribution in [1.29, 1.82) is 0 Å². The smallest absolute Gasteiger partial charge is 0.0700 e. The number of ether oxygens (including phenoxy) is 2. The van der Waals surface area contributed by atoms with E-state index in [9.17, 15) is 0 Å². The van der Waals surface area contributed by atoms with Gasteiger partial charge in [0.2, 0.25) is 0 Å². The standard InChI is InChI=1S/C8H14O2S/c1-3-7-11-8-6-10-5-4-9-2/h1H,4-8H2,2H3. The van der Waals surface area contributed by atoms with Crippen molar-refractivity contribution < 1.29 is 9.47 Å². The summed E-state index contributed by atoms with van der Waals surface area (Å²) in [6, 6.07) is 0. The molecule has 0 aliphatic carbocycles. The van der Waals surface area contributed by atoms with E-state index < -0.39 is 0 Å². The van der Waals surface area contributed by atoms with Gasteiger partial charge in [-0.05, 0) is 0 Å². The van der Waals surface area contributed by atoms with Gasteiger partial charge >= 0.3 is 0 Å². The maximum absolute atomic E-state index is 5.21. The van der Waals surface area contributed by atoms with E-state index in [0.29, 0.717) is 13.2 Å². The van der Waals surface area contributed by atoms with Crippen molar-refractivity contribution in [2.45, 2.75) is 0 Å². The molecule has 0 unspecified atom stereocenters. The van der Waals surface area contributed by atoms with Gasteiger partial charge in [-0.15, -0.1) is 18.2 Å². The maximum Gasteiger partial charge on any atom is 0.0700 e. The van der Waals surface area contributed by atoms with E-state index in [2.05, 4.69) is 5.92 Å². The van der Waals surface area contributed by atoms with Crippen LogP contribution in [0, 0.1) is 12.3 Å². The predicted octanol–water partition coefficient (Wildman–Crippen LogP) is 1.02. The number of methoxy groups -OCH3 is 1. The average molecular weight is 174 g/mol. The van der Waals surface area contributed by atoms with Crippen molar-refractivity contribution in [2.24, 2.45) is 0 Å². The molecular weight excluding hydrogens is 160 g/mol. The first-order valence-electron chi connectivity index (χ1n) is 3.49. The molecule has 0 saturated carbocycles. The van der Waals surface area contributed by atoms with Crippen molar-refractivity contribution >= 4 is 11.8 Å². The van der Waals surface area contributed by atoms with Gasteiger partial charge in [-0.2, -0.15) is 0 Å². The SMILES string of the molecule is C#CCSCCOCCOC. The van der Waals surface area contributed by atoms with Crippen LogP contribution in [0.2, 0.25) is 0 Å². The summed E-state index contributed by atoms with van der Waals surface area (Å²) in [5.41, 5.74) is 0. The largest absolute Gasteiger partial charge is 0.382 e. The fourth-order valence-corrected chi connectivity index (χ4v) is 0.991. The Hall–Kier alpha value is -0.170. The first kappa shape index (κ1) is 10.8. The van der Waals surface area contributed by atoms with Gasteiger partial charge in [-0.3, -0.25) is 0 Å². The number of thioether (sulfide) groups is 1. The van der Waals surface area contributed by atoms with Gasteiger partial charge in [-0.25, -0.2) is 0 Å². The van der Waals surface area contributed by atoms with E-state index in [0.717, 1.165) is 18.1 Å². The minimum Gasteiger partial charge on any atom is -0.382 e. The zero-order valence-corrected chi connectivity index (χ0v) is 7.65. The lowest BCUT2D eigenvalue weighted by Crippen LogP contribution is -2.04. The van der Waals surface area contributed by atoms with E-state index in [-0.39, 0.29) is 0 Å². The predicted molar refractivity (Wildman–Crippen MR) is 48.9 cm³/mol. The highest BCUT2D eigenvalue weighted by atomic mass is 32.2. The molecule has 0 saturated heterocycles. The zero-order valence-electron chi connectivity index (χ0n) is 6.84. The molecule has 0 bridgehead atoms. The van der Waals surface area contributed by atoms with Crippen LogP contribution >= 0.6 is 11.8 Å². The molecule has 0 aromatic rings. The minimum atomic E-state index is 0.666. The quantitative estimate of drug-likeness (QED) is 0.424. The highest BCUT2D eigenvalue weighted by Crippen LogP contribution is 1.96. The molecule has 0 atom stereocenters. The van der Waals surface area contributed by atoms with Gasteiger partial charge < -0.3 is 9.47 Å². The second kappa shape index (κ2) is 9.83. The highest BCUT2D eigenvalue weighted by Gasteiger charge is 1.87. The second-order valence-corrected chi connectivity index (χ2v) is 2.97. The van der Waals surface area contributed by atoms with Gasteiger partial charge in [0.1, 0.15) is 0 Å². The molecule has 0 aromatic heterocycles. The lowest BCUT2D eigenvalue weighted by atomic mass is 10.7. The molecule has 0 amide bonds. The lowest BCUT2D eigenvalue weighted by molar-refractivity contribution is 0.0790. The normalized spacial score (nSPS) is 9.45. The summed E-state index contributed by atoms with van der Waals surface area (Å²) < 4.78 is 10.0. The molecule has 0 heterocycles. The molecule has 11 heavy (non-hydrogen) atoms. The van der Waals surface area contributed by atoms with Crippen LogP contribution in [0.15, 0.2) is 0 Å². The number of hydrogen-bond donors (Lipinski definition) is 0. The van der Waals surface area contributed by atoms with E-state index >= 15 is 0 Å². The Bertz CT molecular complexity index is 109. The molecule has 0 radical (unpaired) electrons. The molecule has 0 spiro atoms. The first-order valence-corrected chi connectivity index (χ1v) is 4.65. The Morgan fingerprint density at radius 1 is 1.36 bits per heavy atom. The van der Waals surface area contributed by atoms with Crippen molar-refractivity contribution in [3.63, 3.8) is 0 Å². The van der Waals surface area contributed by atoms with Gasteiger partial charge in [-0.1, -0.05) is 5.92 Å². The lowest BCUT2D eigenvalue weighted by Gasteiger charge is -2.01. The molecule has 0 aliphatic heterocycles. The van der Waals surface area contributed by atoms with Crippen LogP contribution in [0.3, 0.4) is 0 Å². The van der Waals surface area contributed by atoms with Gasteiger partial charge in [0, 0.05) is 12.9 Å². The van der Waals surface area contributed by atoms with E-state index in [1.54, 1.807) is 18.9 Å². The van der Waals surface area contributed by atoms with E-state index in [1.807, 2.05) is 0 Å². The van der Waals surface area contributed by atoms with Crippen molar-refractivity contribution in [3.8, 4) is 12.3 Å². The Labute approximate surface area is 72.6 Å². The molecule has 0 rings (SSSR count). The van der Waals surface area contributed by atoms with Gasteiger partial charge in [0.25, 0.3) is 0 Å².